The largest absolute Gasteiger partial charge is 0.294 e. The Bertz CT molecular complexity index is 281. The lowest BCUT2D eigenvalue weighted by molar-refractivity contribution is 0.0989. The summed E-state index contributed by atoms with van der Waals surface area (Å²) < 4.78 is 0. The van der Waals surface area contributed by atoms with Gasteiger partial charge in [0.2, 0.25) is 0 Å². The highest BCUT2D eigenvalue weighted by atomic mass is 32.2. The quantitative estimate of drug-likeness (QED) is 0.691. The molecule has 13 heavy (non-hydrogen) atoms. The first-order chi connectivity index (χ1) is 6.24. The maximum atomic E-state index is 11.5. The summed E-state index contributed by atoms with van der Waals surface area (Å²) in [5.74, 6) is 1.06. The smallest absolute Gasteiger partial charge is 0.165 e. The standard InChI is InChI=1S/C10H13NOS/c1-8-3-4-9(7-11-8)10(12)5-6-13-2/h3-4,7H,5-6H2,1-2H3. The van der Waals surface area contributed by atoms with Crippen LogP contribution >= 0.6 is 11.8 Å². The number of thioether (sulfide) groups is 1. The van der Waals surface area contributed by atoms with Crippen LogP contribution in [0.25, 0.3) is 0 Å². The molecular formula is C10H13NOS. The molecule has 1 rings (SSSR count). The number of carbonyl (C=O) groups excluding carboxylic acids is 1. The molecule has 0 bridgehead atoms. The number of rotatable bonds is 4. The van der Waals surface area contributed by atoms with Gasteiger partial charge in [-0.2, -0.15) is 11.8 Å². The second-order valence-corrected chi connectivity index (χ2v) is 3.84. The van der Waals surface area contributed by atoms with Crippen LogP contribution in [0.2, 0.25) is 0 Å². The summed E-state index contributed by atoms with van der Waals surface area (Å²) in [6, 6.07) is 3.71. The van der Waals surface area contributed by atoms with Crippen LogP contribution in [0.15, 0.2) is 18.3 Å². The molecule has 0 fully saturated rings. The number of Topliss-reactive ketones (excluding diaryl/α,β-unsaturated/α-hetero) is 1. The summed E-state index contributed by atoms with van der Waals surface area (Å²) in [4.78, 5) is 15.5. The van der Waals surface area contributed by atoms with Gasteiger partial charge in [-0.3, -0.25) is 9.78 Å². The molecule has 0 aromatic carbocycles. The maximum Gasteiger partial charge on any atom is 0.165 e. The zero-order chi connectivity index (χ0) is 9.68. The minimum absolute atomic E-state index is 0.182. The highest BCUT2D eigenvalue weighted by Crippen LogP contribution is 2.05. The Hall–Kier alpha value is -0.830. The van der Waals surface area contributed by atoms with E-state index < -0.39 is 0 Å². The fourth-order valence-corrected chi connectivity index (χ4v) is 1.36. The van der Waals surface area contributed by atoms with E-state index >= 15 is 0 Å². The highest BCUT2D eigenvalue weighted by Gasteiger charge is 2.04. The van der Waals surface area contributed by atoms with Gasteiger partial charge < -0.3 is 0 Å². The van der Waals surface area contributed by atoms with Crippen LogP contribution in [0.3, 0.4) is 0 Å². The predicted octanol–water partition coefficient (Wildman–Crippen LogP) is 2.33. The molecule has 0 N–H and O–H groups in total. The monoisotopic (exact) mass is 195 g/mol. The number of nitrogens with zero attached hydrogens (tertiary/aromatic N) is 1. The fraction of sp³-hybridized carbons (Fsp3) is 0.400. The van der Waals surface area contributed by atoms with E-state index in [-0.39, 0.29) is 5.78 Å². The van der Waals surface area contributed by atoms with Crippen LogP contribution in [-0.4, -0.2) is 22.8 Å². The SMILES string of the molecule is CSCCC(=O)c1ccc(C)nc1. The van der Waals surface area contributed by atoms with Crippen LogP contribution in [0.5, 0.6) is 0 Å². The second-order valence-electron chi connectivity index (χ2n) is 2.85. The second kappa shape index (κ2) is 5.02. The first-order valence-corrected chi connectivity index (χ1v) is 5.58. The van der Waals surface area contributed by atoms with E-state index in [0.29, 0.717) is 6.42 Å². The molecule has 0 aliphatic carbocycles. The van der Waals surface area contributed by atoms with E-state index in [1.165, 1.54) is 0 Å². The molecule has 3 heteroatoms. The summed E-state index contributed by atoms with van der Waals surface area (Å²) in [6.45, 7) is 1.91. The van der Waals surface area contributed by atoms with Crippen molar-refractivity contribution in [3.8, 4) is 0 Å². The van der Waals surface area contributed by atoms with Crippen LogP contribution in [0.4, 0.5) is 0 Å². The lowest BCUT2D eigenvalue weighted by atomic mass is 10.1. The van der Waals surface area contributed by atoms with E-state index in [1.807, 2.05) is 25.3 Å². The summed E-state index contributed by atoms with van der Waals surface area (Å²) in [5.41, 5.74) is 1.67. The number of pyridine rings is 1. The number of hydrogen-bond donors (Lipinski definition) is 0. The fourth-order valence-electron chi connectivity index (χ4n) is 0.972. The normalized spacial score (nSPS) is 10.0. The summed E-state index contributed by atoms with van der Waals surface area (Å²) >= 11 is 1.69. The van der Waals surface area contributed by atoms with Gasteiger partial charge >= 0.3 is 0 Å². The average molecular weight is 195 g/mol. The molecule has 0 saturated heterocycles. The molecule has 0 spiro atoms. The number of aromatic nitrogens is 1. The zero-order valence-corrected chi connectivity index (χ0v) is 8.73. The third kappa shape index (κ3) is 3.19. The van der Waals surface area contributed by atoms with Crippen molar-refractivity contribution in [3.63, 3.8) is 0 Å². The molecule has 0 aliphatic heterocycles. The van der Waals surface area contributed by atoms with Crippen LogP contribution in [0.1, 0.15) is 22.5 Å². The first kappa shape index (κ1) is 10.3. The third-order valence-electron chi connectivity index (χ3n) is 1.77. The van der Waals surface area contributed by atoms with Gasteiger partial charge in [0, 0.05) is 29.6 Å². The van der Waals surface area contributed by atoms with Gasteiger partial charge in [-0.05, 0) is 25.3 Å². The Morgan fingerprint density at radius 2 is 2.31 bits per heavy atom. The van der Waals surface area contributed by atoms with Crippen molar-refractivity contribution in [2.24, 2.45) is 0 Å². The van der Waals surface area contributed by atoms with Crippen molar-refractivity contribution in [2.75, 3.05) is 12.0 Å². The molecule has 1 aromatic heterocycles. The highest BCUT2D eigenvalue weighted by molar-refractivity contribution is 7.98. The van der Waals surface area contributed by atoms with Crippen LogP contribution < -0.4 is 0 Å². The van der Waals surface area contributed by atoms with E-state index in [0.717, 1.165) is 17.0 Å². The minimum Gasteiger partial charge on any atom is -0.294 e. The molecule has 70 valence electrons. The summed E-state index contributed by atoms with van der Waals surface area (Å²) in [5, 5.41) is 0. The van der Waals surface area contributed by atoms with Gasteiger partial charge in [0.15, 0.2) is 5.78 Å². The van der Waals surface area contributed by atoms with Gasteiger partial charge in [0.1, 0.15) is 0 Å². The molecule has 1 heterocycles. The lowest BCUT2D eigenvalue weighted by Gasteiger charge is -1.99. The Labute approximate surface area is 82.8 Å². The Morgan fingerprint density at radius 3 is 2.85 bits per heavy atom. The van der Waals surface area contributed by atoms with Gasteiger partial charge in [0.05, 0.1) is 0 Å². The van der Waals surface area contributed by atoms with Crippen LogP contribution in [0, 0.1) is 6.92 Å². The molecule has 0 aliphatic rings. The zero-order valence-electron chi connectivity index (χ0n) is 7.91. The number of ketones is 1. The topological polar surface area (TPSA) is 30.0 Å². The number of hydrogen-bond acceptors (Lipinski definition) is 3. The van der Waals surface area contributed by atoms with Crippen molar-refractivity contribution in [2.45, 2.75) is 13.3 Å². The van der Waals surface area contributed by atoms with Crippen molar-refractivity contribution in [3.05, 3.63) is 29.6 Å². The molecule has 1 aromatic rings. The maximum absolute atomic E-state index is 11.5. The molecule has 0 amide bonds. The van der Waals surface area contributed by atoms with E-state index in [9.17, 15) is 4.79 Å². The minimum atomic E-state index is 0.182. The van der Waals surface area contributed by atoms with E-state index in [4.69, 9.17) is 0 Å². The Balaban J connectivity index is 2.61. The van der Waals surface area contributed by atoms with Crippen molar-refractivity contribution in [1.82, 2.24) is 4.98 Å². The van der Waals surface area contributed by atoms with E-state index in [1.54, 1.807) is 18.0 Å². The molecule has 0 atom stereocenters. The van der Waals surface area contributed by atoms with Crippen molar-refractivity contribution >= 4 is 17.5 Å². The first-order valence-electron chi connectivity index (χ1n) is 4.19. The van der Waals surface area contributed by atoms with Gasteiger partial charge in [-0.25, -0.2) is 0 Å². The average Bonchev–Trinajstić information content (AvgIpc) is 2.15. The summed E-state index contributed by atoms with van der Waals surface area (Å²) in [6.07, 6.45) is 4.25. The lowest BCUT2D eigenvalue weighted by Crippen LogP contribution is -2.01. The van der Waals surface area contributed by atoms with Crippen LogP contribution in [-0.2, 0) is 0 Å². The molecular weight excluding hydrogens is 182 g/mol. The molecule has 2 nitrogen and oxygen atoms in total. The van der Waals surface area contributed by atoms with Gasteiger partial charge in [-0.1, -0.05) is 0 Å². The van der Waals surface area contributed by atoms with E-state index in [2.05, 4.69) is 4.98 Å². The third-order valence-corrected chi connectivity index (χ3v) is 2.38. The predicted molar refractivity (Wildman–Crippen MR) is 56.3 cm³/mol. The Kier molecular flexibility index (Phi) is 3.96. The van der Waals surface area contributed by atoms with Gasteiger partial charge in [-0.15, -0.1) is 0 Å². The van der Waals surface area contributed by atoms with Crippen molar-refractivity contribution < 1.29 is 4.79 Å². The number of aryl methyl sites for hydroxylation is 1. The van der Waals surface area contributed by atoms with Crippen molar-refractivity contribution in [1.29, 1.82) is 0 Å². The summed E-state index contributed by atoms with van der Waals surface area (Å²) in [7, 11) is 0. The Morgan fingerprint density at radius 1 is 1.54 bits per heavy atom. The van der Waals surface area contributed by atoms with Gasteiger partial charge in [0.25, 0.3) is 0 Å². The number of carbonyl (C=O) groups is 1. The molecule has 0 unspecified atom stereocenters. The molecule has 0 radical (unpaired) electrons. The molecule has 0 saturated carbocycles.